The molecule has 0 unspecified atom stereocenters. The first kappa shape index (κ1) is 11.5. The van der Waals surface area contributed by atoms with Gasteiger partial charge in [0.25, 0.3) is 0 Å². The van der Waals surface area contributed by atoms with E-state index in [-0.39, 0.29) is 18.4 Å². The summed E-state index contributed by atoms with van der Waals surface area (Å²) in [5, 5.41) is 0. The lowest BCUT2D eigenvalue weighted by atomic mass is 10.0. The van der Waals surface area contributed by atoms with Crippen LogP contribution in [0.25, 0.3) is 0 Å². The number of piperidine rings is 1. The summed E-state index contributed by atoms with van der Waals surface area (Å²) in [6.45, 7) is 0.762. The lowest BCUT2D eigenvalue weighted by Gasteiger charge is -2.29. The summed E-state index contributed by atoms with van der Waals surface area (Å²) in [6.07, 6.45) is 2.58. The maximum atomic E-state index is 11.2. The Labute approximate surface area is 84.1 Å². The summed E-state index contributed by atoms with van der Waals surface area (Å²) >= 11 is 0. The highest BCUT2D eigenvalue weighted by atomic mass is 32.2. The molecule has 1 heterocycles. The molecule has 0 bridgehead atoms. The number of ether oxygens (including phenoxy) is 1. The van der Waals surface area contributed by atoms with Crippen LogP contribution in [-0.2, 0) is 19.6 Å². The lowest BCUT2D eigenvalue weighted by molar-refractivity contribution is -0.146. The zero-order valence-electron chi connectivity index (χ0n) is 8.39. The smallest absolute Gasteiger partial charge is 0.309 e. The molecule has 0 saturated carbocycles. The predicted octanol–water partition coefficient (Wildman–Crippen LogP) is -0.169. The molecule has 1 aliphatic heterocycles. The van der Waals surface area contributed by atoms with Crippen LogP contribution in [0.2, 0.25) is 0 Å². The zero-order chi connectivity index (χ0) is 10.8. The van der Waals surface area contributed by atoms with Crippen LogP contribution in [0.4, 0.5) is 0 Å². The minimum absolute atomic E-state index is 0.255. The Hall–Kier alpha value is -0.620. The molecule has 0 aliphatic carbocycles. The number of hydrogen-bond acceptors (Lipinski definition) is 4. The first-order chi connectivity index (χ1) is 6.45. The second-order valence-corrected chi connectivity index (χ2v) is 5.47. The number of carbonyl (C=O) groups is 1. The highest BCUT2D eigenvalue weighted by Gasteiger charge is 2.30. The Morgan fingerprint density at radius 3 is 2.64 bits per heavy atom. The topological polar surface area (TPSA) is 63.7 Å². The fraction of sp³-hybridized carbons (Fsp3) is 0.875. The number of carbonyl (C=O) groups excluding carboxylic acids is 1. The molecule has 1 saturated heterocycles. The van der Waals surface area contributed by atoms with Crippen LogP contribution in [0.5, 0.6) is 0 Å². The Morgan fingerprint density at radius 2 is 2.14 bits per heavy atom. The SMILES string of the molecule is COC(=O)[C@H]1CCCN(S(C)(=O)=O)C1. The fourth-order valence-corrected chi connectivity index (χ4v) is 2.51. The molecule has 6 heteroatoms. The van der Waals surface area contributed by atoms with E-state index in [1.165, 1.54) is 11.4 Å². The number of nitrogens with zero attached hydrogens (tertiary/aromatic N) is 1. The van der Waals surface area contributed by atoms with E-state index in [1.807, 2.05) is 0 Å². The van der Waals surface area contributed by atoms with Crippen molar-refractivity contribution >= 4 is 16.0 Å². The van der Waals surface area contributed by atoms with Crippen molar-refractivity contribution in [3.63, 3.8) is 0 Å². The first-order valence-corrected chi connectivity index (χ1v) is 6.33. The monoisotopic (exact) mass is 221 g/mol. The quantitative estimate of drug-likeness (QED) is 0.607. The van der Waals surface area contributed by atoms with Crippen LogP contribution in [0.3, 0.4) is 0 Å². The van der Waals surface area contributed by atoms with Crippen LogP contribution in [0.1, 0.15) is 12.8 Å². The first-order valence-electron chi connectivity index (χ1n) is 4.48. The maximum absolute atomic E-state index is 11.2. The van der Waals surface area contributed by atoms with Crippen molar-refractivity contribution in [3.8, 4) is 0 Å². The summed E-state index contributed by atoms with van der Waals surface area (Å²) in [5.41, 5.74) is 0. The van der Waals surface area contributed by atoms with Gasteiger partial charge in [-0.1, -0.05) is 0 Å². The van der Waals surface area contributed by atoms with Gasteiger partial charge in [-0.3, -0.25) is 4.79 Å². The number of esters is 1. The van der Waals surface area contributed by atoms with Crippen LogP contribution in [-0.4, -0.2) is 45.1 Å². The highest BCUT2D eigenvalue weighted by Crippen LogP contribution is 2.19. The van der Waals surface area contributed by atoms with E-state index >= 15 is 0 Å². The average molecular weight is 221 g/mol. The van der Waals surface area contributed by atoms with Gasteiger partial charge in [-0.15, -0.1) is 0 Å². The van der Waals surface area contributed by atoms with Crippen molar-refractivity contribution in [1.29, 1.82) is 0 Å². The van der Waals surface area contributed by atoms with Gasteiger partial charge < -0.3 is 4.74 Å². The zero-order valence-corrected chi connectivity index (χ0v) is 9.21. The molecule has 1 aliphatic rings. The van der Waals surface area contributed by atoms with E-state index in [4.69, 9.17) is 0 Å². The molecular weight excluding hydrogens is 206 g/mol. The number of hydrogen-bond donors (Lipinski definition) is 0. The van der Waals surface area contributed by atoms with Gasteiger partial charge in [-0.05, 0) is 12.8 Å². The van der Waals surface area contributed by atoms with Crippen molar-refractivity contribution in [2.24, 2.45) is 5.92 Å². The molecule has 1 rings (SSSR count). The van der Waals surface area contributed by atoms with Gasteiger partial charge in [0.2, 0.25) is 10.0 Å². The van der Waals surface area contributed by atoms with E-state index in [0.29, 0.717) is 19.4 Å². The molecule has 5 nitrogen and oxygen atoms in total. The third-order valence-electron chi connectivity index (χ3n) is 2.39. The molecular formula is C8H15NO4S. The van der Waals surface area contributed by atoms with E-state index < -0.39 is 10.0 Å². The molecule has 1 atom stereocenters. The Balaban J connectivity index is 2.65. The Kier molecular flexibility index (Phi) is 3.49. The van der Waals surface area contributed by atoms with E-state index in [2.05, 4.69) is 4.74 Å². The van der Waals surface area contributed by atoms with Crippen molar-refractivity contribution in [3.05, 3.63) is 0 Å². The van der Waals surface area contributed by atoms with Crippen LogP contribution in [0.15, 0.2) is 0 Å². The predicted molar refractivity (Wildman–Crippen MR) is 51.2 cm³/mol. The molecule has 1 fully saturated rings. The molecule has 0 spiro atoms. The summed E-state index contributed by atoms with van der Waals surface area (Å²) in [4.78, 5) is 11.2. The van der Waals surface area contributed by atoms with Crippen molar-refractivity contribution in [2.45, 2.75) is 12.8 Å². The van der Waals surface area contributed by atoms with Gasteiger partial charge in [0, 0.05) is 13.1 Å². The Morgan fingerprint density at radius 1 is 1.50 bits per heavy atom. The molecule has 0 N–H and O–H groups in total. The largest absolute Gasteiger partial charge is 0.469 e. The number of rotatable bonds is 2. The average Bonchev–Trinajstić information content (AvgIpc) is 2.15. The normalized spacial score (nSPS) is 24.6. The second kappa shape index (κ2) is 4.27. The molecule has 82 valence electrons. The van der Waals surface area contributed by atoms with Gasteiger partial charge in [-0.25, -0.2) is 12.7 Å². The van der Waals surface area contributed by atoms with Gasteiger partial charge in [-0.2, -0.15) is 0 Å². The number of sulfonamides is 1. The minimum atomic E-state index is -3.17. The fourth-order valence-electron chi connectivity index (χ4n) is 1.60. The standard InChI is InChI=1S/C8H15NO4S/c1-13-8(10)7-4-3-5-9(6-7)14(2,11)12/h7H,3-6H2,1-2H3/t7-/m0/s1. The second-order valence-electron chi connectivity index (χ2n) is 3.48. The third kappa shape index (κ3) is 2.68. The highest BCUT2D eigenvalue weighted by molar-refractivity contribution is 7.88. The van der Waals surface area contributed by atoms with E-state index in [1.54, 1.807) is 0 Å². The molecule has 0 aromatic heterocycles. The van der Waals surface area contributed by atoms with Gasteiger partial charge in [0.1, 0.15) is 0 Å². The number of methoxy groups -OCH3 is 1. The summed E-state index contributed by atoms with van der Waals surface area (Å²) in [5.74, 6) is -0.623. The van der Waals surface area contributed by atoms with Crippen LogP contribution in [0, 0.1) is 5.92 Å². The summed E-state index contributed by atoms with van der Waals surface area (Å²) in [6, 6.07) is 0. The van der Waals surface area contributed by atoms with Gasteiger partial charge >= 0.3 is 5.97 Å². The van der Waals surface area contributed by atoms with E-state index in [9.17, 15) is 13.2 Å². The van der Waals surface area contributed by atoms with Crippen molar-refractivity contribution in [2.75, 3.05) is 26.5 Å². The van der Waals surface area contributed by atoms with Crippen LogP contribution >= 0.6 is 0 Å². The van der Waals surface area contributed by atoms with Crippen molar-refractivity contribution in [1.82, 2.24) is 4.31 Å². The molecule has 0 aromatic rings. The third-order valence-corrected chi connectivity index (χ3v) is 3.66. The van der Waals surface area contributed by atoms with E-state index in [0.717, 1.165) is 6.26 Å². The summed E-state index contributed by atoms with van der Waals surface area (Å²) in [7, 11) is -1.85. The Bertz CT molecular complexity index is 311. The van der Waals surface area contributed by atoms with Gasteiger partial charge in [0.05, 0.1) is 19.3 Å². The maximum Gasteiger partial charge on any atom is 0.309 e. The molecule has 14 heavy (non-hydrogen) atoms. The lowest BCUT2D eigenvalue weighted by Crippen LogP contribution is -2.42. The molecule has 0 aromatic carbocycles. The molecule has 0 radical (unpaired) electrons. The molecule has 0 amide bonds. The van der Waals surface area contributed by atoms with Crippen molar-refractivity contribution < 1.29 is 17.9 Å². The van der Waals surface area contributed by atoms with Gasteiger partial charge in [0.15, 0.2) is 0 Å². The minimum Gasteiger partial charge on any atom is -0.469 e. The summed E-state index contributed by atoms with van der Waals surface area (Å²) < 4.78 is 28.4. The van der Waals surface area contributed by atoms with Crippen LogP contribution < -0.4 is 0 Å².